The van der Waals surface area contributed by atoms with E-state index in [1.54, 1.807) is 35.4 Å². The van der Waals surface area contributed by atoms with Crippen LogP contribution in [0.15, 0.2) is 79.4 Å². The van der Waals surface area contributed by atoms with Gasteiger partial charge in [0.1, 0.15) is 5.69 Å². The average Bonchev–Trinajstić information content (AvgIpc) is 3.32. The van der Waals surface area contributed by atoms with Gasteiger partial charge in [-0.1, -0.05) is 41.4 Å². The molecule has 1 heterocycles. The SMILES string of the molecule is O=[N+]([O-])c1ccc(Nc2ccc(CCCc3ccc(Cl)c(Cl)c3)cc2)cc1-n1ccnc1. The smallest absolute Gasteiger partial charge is 0.293 e. The number of aryl methyl sites for hydroxylation is 2. The lowest BCUT2D eigenvalue weighted by Gasteiger charge is -2.10. The van der Waals surface area contributed by atoms with E-state index in [0.29, 0.717) is 15.7 Å². The lowest BCUT2D eigenvalue weighted by Crippen LogP contribution is -2.00. The number of hydrogen-bond donors (Lipinski definition) is 1. The molecule has 0 radical (unpaired) electrons. The standard InChI is InChI=1S/C24H20Cl2N4O2/c25-21-10-6-18(14-22(21)26)3-1-2-17-4-7-19(8-5-17)28-20-9-11-23(30(31)32)24(15-20)29-13-12-27-16-29/h4-16,28H,1-3H2. The van der Waals surface area contributed by atoms with Crippen LogP contribution in [0.1, 0.15) is 17.5 Å². The van der Waals surface area contributed by atoms with E-state index in [2.05, 4.69) is 22.4 Å². The van der Waals surface area contributed by atoms with E-state index >= 15 is 0 Å². The first-order valence-corrected chi connectivity index (χ1v) is 10.8. The number of benzene rings is 3. The summed E-state index contributed by atoms with van der Waals surface area (Å²) in [7, 11) is 0. The van der Waals surface area contributed by atoms with Crippen molar-refractivity contribution in [1.82, 2.24) is 9.55 Å². The number of imidazole rings is 1. The maximum absolute atomic E-state index is 11.4. The summed E-state index contributed by atoms with van der Waals surface area (Å²) in [5, 5.41) is 15.8. The summed E-state index contributed by atoms with van der Waals surface area (Å²) in [6, 6.07) is 18.9. The first-order valence-electron chi connectivity index (χ1n) is 10.1. The Labute approximate surface area is 195 Å². The van der Waals surface area contributed by atoms with Crippen molar-refractivity contribution in [3.63, 3.8) is 0 Å². The maximum atomic E-state index is 11.4. The molecule has 162 valence electrons. The number of aromatic nitrogens is 2. The first-order chi connectivity index (χ1) is 15.5. The molecule has 0 fully saturated rings. The normalized spacial score (nSPS) is 10.8. The fourth-order valence-electron chi connectivity index (χ4n) is 3.48. The molecular weight excluding hydrogens is 447 g/mol. The molecule has 0 saturated heterocycles. The van der Waals surface area contributed by atoms with E-state index in [-0.39, 0.29) is 5.69 Å². The van der Waals surface area contributed by atoms with Gasteiger partial charge in [-0.2, -0.15) is 0 Å². The molecule has 3 aromatic carbocycles. The molecular formula is C24H20Cl2N4O2. The summed E-state index contributed by atoms with van der Waals surface area (Å²) < 4.78 is 1.63. The molecule has 0 aliphatic rings. The van der Waals surface area contributed by atoms with Crippen molar-refractivity contribution in [2.75, 3.05) is 5.32 Å². The molecule has 32 heavy (non-hydrogen) atoms. The van der Waals surface area contributed by atoms with Gasteiger partial charge in [-0.3, -0.25) is 10.1 Å². The third-order valence-corrected chi connectivity index (χ3v) is 5.85. The zero-order valence-electron chi connectivity index (χ0n) is 17.0. The molecule has 0 unspecified atom stereocenters. The molecule has 0 bridgehead atoms. The second-order valence-electron chi connectivity index (χ2n) is 7.35. The molecule has 1 N–H and O–H groups in total. The van der Waals surface area contributed by atoms with Crippen molar-refractivity contribution in [2.45, 2.75) is 19.3 Å². The first kappa shape index (κ1) is 21.9. The summed E-state index contributed by atoms with van der Waals surface area (Å²) in [4.78, 5) is 15.0. The van der Waals surface area contributed by atoms with Crippen molar-refractivity contribution in [3.8, 4) is 5.69 Å². The molecule has 0 saturated carbocycles. The third kappa shape index (κ3) is 5.28. The fourth-order valence-corrected chi connectivity index (χ4v) is 3.80. The monoisotopic (exact) mass is 466 g/mol. The second-order valence-corrected chi connectivity index (χ2v) is 8.17. The Morgan fingerprint density at radius 1 is 0.906 bits per heavy atom. The highest BCUT2D eigenvalue weighted by molar-refractivity contribution is 6.42. The topological polar surface area (TPSA) is 73.0 Å². The molecule has 1 aromatic heterocycles. The van der Waals surface area contributed by atoms with Gasteiger partial charge in [0, 0.05) is 29.8 Å². The van der Waals surface area contributed by atoms with E-state index < -0.39 is 4.92 Å². The highest BCUT2D eigenvalue weighted by Crippen LogP contribution is 2.28. The third-order valence-electron chi connectivity index (χ3n) is 5.11. The van der Waals surface area contributed by atoms with Gasteiger partial charge >= 0.3 is 0 Å². The summed E-state index contributed by atoms with van der Waals surface area (Å²) >= 11 is 12.0. The van der Waals surface area contributed by atoms with Crippen molar-refractivity contribution in [3.05, 3.63) is 111 Å². The van der Waals surface area contributed by atoms with Crippen LogP contribution in [0.4, 0.5) is 17.1 Å². The van der Waals surface area contributed by atoms with Crippen molar-refractivity contribution in [2.24, 2.45) is 0 Å². The Hall–Kier alpha value is -3.35. The van der Waals surface area contributed by atoms with E-state index in [0.717, 1.165) is 30.6 Å². The second kappa shape index (κ2) is 9.85. The lowest BCUT2D eigenvalue weighted by atomic mass is 10.0. The van der Waals surface area contributed by atoms with E-state index in [1.807, 2.05) is 30.3 Å². The molecule has 6 nitrogen and oxygen atoms in total. The number of nitro benzene ring substituents is 1. The van der Waals surface area contributed by atoms with Crippen LogP contribution in [0.5, 0.6) is 0 Å². The molecule has 0 aliphatic heterocycles. The van der Waals surface area contributed by atoms with Crippen molar-refractivity contribution >= 4 is 40.3 Å². The maximum Gasteiger partial charge on any atom is 0.293 e. The predicted molar refractivity (Wildman–Crippen MR) is 128 cm³/mol. The van der Waals surface area contributed by atoms with Crippen LogP contribution in [0, 0.1) is 10.1 Å². The van der Waals surface area contributed by atoms with Crippen LogP contribution >= 0.6 is 23.2 Å². The van der Waals surface area contributed by atoms with Crippen LogP contribution in [-0.2, 0) is 12.8 Å². The van der Waals surface area contributed by atoms with Crippen LogP contribution < -0.4 is 5.32 Å². The van der Waals surface area contributed by atoms with Gasteiger partial charge in [0.15, 0.2) is 0 Å². The number of nitro groups is 1. The summed E-state index contributed by atoms with van der Waals surface area (Å²) in [5.74, 6) is 0. The average molecular weight is 467 g/mol. The molecule has 4 aromatic rings. The Morgan fingerprint density at radius 2 is 1.62 bits per heavy atom. The highest BCUT2D eigenvalue weighted by atomic mass is 35.5. The van der Waals surface area contributed by atoms with Crippen molar-refractivity contribution < 1.29 is 4.92 Å². The quantitative estimate of drug-likeness (QED) is 0.224. The zero-order chi connectivity index (χ0) is 22.5. The van der Waals surface area contributed by atoms with E-state index in [4.69, 9.17) is 23.2 Å². The summed E-state index contributed by atoms with van der Waals surface area (Å²) in [5.41, 5.74) is 4.54. The Balaban J connectivity index is 1.39. The number of nitrogens with zero attached hydrogens (tertiary/aromatic N) is 3. The van der Waals surface area contributed by atoms with Gasteiger partial charge in [-0.15, -0.1) is 0 Å². The van der Waals surface area contributed by atoms with Gasteiger partial charge in [-0.25, -0.2) is 4.98 Å². The zero-order valence-corrected chi connectivity index (χ0v) is 18.6. The number of nitrogens with one attached hydrogen (secondary N) is 1. The van der Waals surface area contributed by atoms with Crippen LogP contribution in [0.3, 0.4) is 0 Å². The van der Waals surface area contributed by atoms with Gasteiger partial charge in [0.25, 0.3) is 5.69 Å². The molecule has 0 amide bonds. The van der Waals surface area contributed by atoms with Crippen LogP contribution in [0.2, 0.25) is 10.0 Å². The van der Waals surface area contributed by atoms with E-state index in [9.17, 15) is 10.1 Å². The lowest BCUT2D eigenvalue weighted by molar-refractivity contribution is -0.384. The van der Waals surface area contributed by atoms with Crippen LogP contribution in [-0.4, -0.2) is 14.5 Å². The predicted octanol–water partition coefficient (Wildman–Crippen LogP) is 7.01. The summed E-state index contributed by atoms with van der Waals surface area (Å²) in [6.45, 7) is 0. The highest BCUT2D eigenvalue weighted by Gasteiger charge is 2.15. The van der Waals surface area contributed by atoms with Gasteiger partial charge < -0.3 is 9.88 Å². The summed E-state index contributed by atoms with van der Waals surface area (Å²) in [6.07, 6.45) is 7.68. The Bertz CT molecular complexity index is 1230. The number of hydrogen-bond acceptors (Lipinski definition) is 4. The Morgan fingerprint density at radius 3 is 2.31 bits per heavy atom. The van der Waals surface area contributed by atoms with Gasteiger partial charge in [-0.05, 0) is 66.8 Å². The largest absolute Gasteiger partial charge is 0.355 e. The van der Waals surface area contributed by atoms with Gasteiger partial charge in [0.05, 0.1) is 21.3 Å². The number of anilines is 2. The molecule has 0 aliphatic carbocycles. The van der Waals surface area contributed by atoms with Gasteiger partial charge in [0.2, 0.25) is 0 Å². The van der Waals surface area contributed by atoms with Crippen LogP contribution in [0.25, 0.3) is 5.69 Å². The number of halogens is 2. The fraction of sp³-hybridized carbons (Fsp3) is 0.125. The van der Waals surface area contributed by atoms with E-state index in [1.165, 1.54) is 17.2 Å². The molecule has 0 spiro atoms. The number of rotatable bonds is 8. The molecule has 4 rings (SSSR count). The Kier molecular flexibility index (Phi) is 6.73. The minimum absolute atomic E-state index is 0.0193. The van der Waals surface area contributed by atoms with Crippen molar-refractivity contribution in [1.29, 1.82) is 0 Å². The minimum Gasteiger partial charge on any atom is -0.355 e. The minimum atomic E-state index is -0.397. The molecule has 0 atom stereocenters. The molecule has 8 heteroatoms.